The summed E-state index contributed by atoms with van der Waals surface area (Å²) in [5.74, 6) is 0.375. The lowest BCUT2D eigenvalue weighted by Crippen LogP contribution is -2.29. The van der Waals surface area contributed by atoms with E-state index in [0.717, 1.165) is 5.75 Å². The van der Waals surface area contributed by atoms with Gasteiger partial charge in [0.1, 0.15) is 22.9 Å². The molecule has 0 radical (unpaired) electrons. The Labute approximate surface area is 160 Å². The molecule has 8 heteroatoms. The van der Waals surface area contributed by atoms with Crippen LogP contribution in [0.4, 0.5) is 0 Å². The van der Waals surface area contributed by atoms with Gasteiger partial charge in [-0.2, -0.15) is 0 Å². The maximum Gasteiger partial charge on any atom is 0.268 e. The predicted octanol–water partition coefficient (Wildman–Crippen LogP) is 2.04. The van der Waals surface area contributed by atoms with E-state index in [1.54, 1.807) is 7.05 Å². The Hall–Kier alpha value is -2.32. The normalized spacial score (nSPS) is 12.0. The van der Waals surface area contributed by atoms with Crippen molar-refractivity contribution in [3.63, 3.8) is 0 Å². The van der Waals surface area contributed by atoms with Gasteiger partial charge in [0.25, 0.3) is 5.91 Å². The van der Waals surface area contributed by atoms with Crippen molar-refractivity contribution in [3.05, 3.63) is 47.8 Å². The summed E-state index contributed by atoms with van der Waals surface area (Å²) in [6, 6.07) is 9.22. The first-order valence-corrected chi connectivity index (χ1v) is 10.1. The molecule has 27 heavy (non-hydrogen) atoms. The number of aryl methyl sites for hydroxylation is 1. The molecule has 148 valence electrons. The third-order valence-electron chi connectivity index (χ3n) is 4.17. The number of carbonyl (C=O) groups is 1. The van der Waals surface area contributed by atoms with Crippen molar-refractivity contribution in [1.29, 1.82) is 0 Å². The van der Waals surface area contributed by atoms with Crippen molar-refractivity contribution in [3.8, 4) is 5.75 Å². The number of benzene rings is 1. The minimum atomic E-state index is -3.58. The second-order valence-corrected chi connectivity index (χ2v) is 9.14. The lowest BCUT2D eigenvalue weighted by molar-refractivity contribution is 0.0939. The van der Waals surface area contributed by atoms with Gasteiger partial charge in [0.15, 0.2) is 0 Å². The molecule has 1 aromatic heterocycles. The number of ether oxygens (including phenoxy) is 1. The number of amides is 1. The zero-order valence-corrected chi connectivity index (χ0v) is 17.2. The van der Waals surface area contributed by atoms with Crippen molar-refractivity contribution in [2.75, 3.05) is 20.2 Å². The summed E-state index contributed by atoms with van der Waals surface area (Å²) < 4.78 is 33.0. The van der Waals surface area contributed by atoms with E-state index in [2.05, 4.69) is 30.8 Å². The molecule has 0 unspecified atom stereocenters. The molecule has 0 atom stereocenters. The zero-order chi connectivity index (χ0) is 20.2. The fraction of sp³-hybridized carbons (Fsp3) is 0.421. The van der Waals surface area contributed by atoms with Crippen molar-refractivity contribution >= 4 is 15.9 Å². The van der Waals surface area contributed by atoms with Crippen molar-refractivity contribution < 1.29 is 17.9 Å². The highest BCUT2D eigenvalue weighted by Gasteiger charge is 2.19. The number of rotatable bonds is 7. The Kier molecular flexibility index (Phi) is 6.33. The molecule has 0 aliphatic heterocycles. The molecule has 1 heterocycles. The Balaban J connectivity index is 1.88. The highest BCUT2D eigenvalue weighted by Crippen LogP contribution is 2.24. The molecule has 0 saturated carbocycles. The average molecular weight is 394 g/mol. The number of carbonyl (C=O) groups excluding carboxylic acids is 1. The Bertz CT molecular complexity index is 894. The van der Waals surface area contributed by atoms with E-state index in [9.17, 15) is 13.2 Å². The number of nitrogens with one attached hydrogen (secondary N) is 2. The molecule has 2 aromatic rings. The van der Waals surface area contributed by atoms with E-state index in [-0.39, 0.29) is 21.9 Å². The smallest absolute Gasteiger partial charge is 0.268 e. The summed E-state index contributed by atoms with van der Waals surface area (Å²) in [7, 11) is -0.636. The van der Waals surface area contributed by atoms with Gasteiger partial charge in [0, 0.05) is 13.2 Å². The van der Waals surface area contributed by atoms with E-state index in [1.807, 2.05) is 24.3 Å². The van der Waals surface area contributed by atoms with Gasteiger partial charge in [-0.25, -0.2) is 13.1 Å². The molecule has 7 nitrogen and oxygen atoms in total. The standard InChI is InChI=1S/C19H27N3O4S/c1-19(2,3)14-6-8-15(9-7-14)26-11-10-21-18(23)17-12-16(13-22(17)5)27(24,25)20-4/h6-9,12-13,20H,10-11H2,1-5H3,(H,21,23). The third kappa shape index (κ3) is 5.33. The minimum absolute atomic E-state index is 0.0489. The molecule has 2 rings (SSSR count). The first-order valence-electron chi connectivity index (χ1n) is 8.66. The maximum atomic E-state index is 12.3. The Morgan fingerprint density at radius 1 is 1.19 bits per heavy atom. The first kappa shape index (κ1) is 21.0. The predicted molar refractivity (Wildman–Crippen MR) is 105 cm³/mol. The summed E-state index contributed by atoms with van der Waals surface area (Å²) in [6.45, 7) is 7.06. The minimum Gasteiger partial charge on any atom is -0.492 e. The van der Waals surface area contributed by atoms with Crippen LogP contribution < -0.4 is 14.8 Å². The number of hydrogen-bond acceptors (Lipinski definition) is 4. The van der Waals surface area contributed by atoms with Crippen molar-refractivity contribution in [2.45, 2.75) is 31.1 Å². The van der Waals surface area contributed by atoms with Crippen molar-refractivity contribution in [1.82, 2.24) is 14.6 Å². The molecule has 0 spiro atoms. The van der Waals surface area contributed by atoms with Crippen LogP contribution in [0.25, 0.3) is 0 Å². The van der Waals surface area contributed by atoms with Crippen molar-refractivity contribution in [2.24, 2.45) is 7.05 Å². The van der Waals surface area contributed by atoms with Crippen LogP contribution in [0, 0.1) is 0 Å². The van der Waals surface area contributed by atoms with Crippen LogP contribution >= 0.6 is 0 Å². The first-order chi connectivity index (χ1) is 12.5. The van der Waals surface area contributed by atoms with Gasteiger partial charge >= 0.3 is 0 Å². The van der Waals surface area contributed by atoms with Crippen LogP contribution in [0.1, 0.15) is 36.8 Å². The van der Waals surface area contributed by atoms with Crippen LogP contribution in [0.3, 0.4) is 0 Å². The van der Waals surface area contributed by atoms with Gasteiger partial charge in [-0.1, -0.05) is 32.9 Å². The van der Waals surface area contributed by atoms with E-state index in [0.29, 0.717) is 13.2 Å². The summed E-state index contributed by atoms with van der Waals surface area (Å²) in [4.78, 5) is 12.3. The summed E-state index contributed by atoms with van der Waals surface area (Å²) in [5, 5.41) is 2.73. The van der Waals surface area contributed by atoms with Gasteiger partial charge in [-0.15, -0.1) is 0 Å². The van der Waals surface area contributed by atoms with E-state index in [1.165, 1.54) is 29.4 Å². The molecule has 0 aliphatic carbocycles. The van der Waals surface area contributed by atoms with Crippen LogP contribution in [0.15, 0.2) is 41.4 Å². The maximum absolute atomic E-state index is 12.3. The van der Waals surface area contributed by atoms with Gasteiger partial charge < -0.3 is 14.6 Å². The zero-order valence-electron chi connectivity index (χ0n) is 16.4. The number of sulfonamides is 1. The van der Waals surface area contributed by atoms with E-state index < -0.39 is 10.0 Å². The van der Waals surface area contributed by atoms with Gasteiger partial charge in [-0.05, 0) is 36.2 Å². The van der Waals surface area contributed by atoms with Crippen LogP contribution in [0.2, 0.25) is 0 Å². The molecule has 0 aliphatic rings. The second kappa shape index (κ2) is 8.14. The highest BCUT2D eigenvalue weighted by molar-refractivity contribution is 7.89. The fourth-order valence-corrected chi connectivity index (χ4v) is 3.30. The van der Waals surface area contributed by atoms with Crippen LogP contribution in [0.5, 0.6) is 5.75 Å². The summed E-state index contributed by atoms with van der Waals surface area (Å²) in [5.41, 5.74) is 1.57. The molecule has 0 bridgehead atoms. The number of nitrogens with zero attached hydrogens (tertiary/aromatic N) is 1. The third-order valence-corrected chi connectivity index (χ3v) is 5.55. The lowest BCUT2D eigenvalue weighted by atomic mass is 9.87. The molecule has 0 fully saturated rings. The monoisotopic (exact) mass is 393 g/mol. The molecular weight excluding hydrogens is 366 g/mol. The van der Waals surface area contributed by atoms with Gasteiger partial charge in [0.05, 0.1) is 6.54 Å². The van der Waals surface area contributed by atoms with Crippen LogP contribution in [-0.2, 0) is 22.5 Å². The SMILES string of the molecule is CNS(=O)(=O)c1cc(C(=O)NCCOc2ccc(C(C)(C)C)cc2)n(C)c1. The average Bonchev–Trinajstić information content (AvgIpc) is 3.01. The Morgan fingerprint density at radius 2 is 1.81 bits per heavy atom. The molecular formula is C19H27N3O4S. The molecule has 1 amide bonds. The number of aromatic nitrogens is 1. The summed E-state index contributed by atoms with van der Waals surface area (Å²) >= 11 is 0. The molecule has 0 saturated heterocycles. The fourth-order valence-electron chi connectivity index (χ4n) is 2.50. The molecule has 1 aromatic carbocycles. The largest absolute Gasteiger partial charge is 0.492 e. The summed E-state index contributed by atoms with van der Waals surface area (Å²) in [6.07, 6.45) is 1.40. The van der Waals surface area contributed by atoms with Crippen LogP contribution in [-0.4, -0.2) is 39.1 Å². The van der Waals surface area contributed by atoms with E-state index in [4.69, 9.17) is 4.74 Å². The van der Waals surface area contributed by atoms with E-state index >= 15 is 0 Å². The Morgan fingerprint density at radius 3 is 2.37 bits per heavy atom. The van der Waals surface area contributed by atoms with Gasteiger partial charge in [0.2, 0.25) is 10.0 Å². The highest BCUT2D eigenvalue weighted by atomic mass is 32.2. The van der Waals surface area contributed by atoms with Gasteiger partial charge in [-0.3, -0.25) is 4.79 Å². The molecule has 2 N–H and O–H groups in total. The number of hydrogen-bond donors (Lipinski definition) is 2. The lowest BCUT2D eigenvalue weighted by Gasteiger charge is -2.19. The topological polar surface area (TPSA) is 89.4 Å². The second-order valence-electron chi connectivity index (χ2n) is 7.26. The quantitative estimate of drug-likeness (QED) is 0.705.